The minimum absolute atomic E-state index is 0.256. The lowest BCUT2D eigenvalue weighted by atomic mass is 10.2. The number of ether oxygens (including phenoxy) is 1. The van der Waals surface area contributed by atoms with Crippen molar-refractivity contribution < 1.29 is 17.9 Å². The van der Waals surface area contributed by atoms with Crippen molar-refractivity contribution in [3.63, 3.8) is 0 Å². The van der Waals surface area contributed by atoms with Crippen LogP contribution >= 0.6 is 0 Å². The zero-order valence-corrected chi connectivity index (χ0v) is 11.9. The monoisotopic (exact) mass is 285 g/mol. The zero-order chi connectivity index (χ0) is 14.3. The third-order valence-electron chi connectivity index (χ3n) is 2.55. The molecule has 0 heterocycles. The van der Waals surface area contributed by atoms with Crippen LogP contribution in [0.2, 0.25) is 0 Å². The summed E-state index contributed by atoms with van der Waals surface area (Å²) in [5.74, 6) is -0.944. The second-order valence-corrected chi connectivity index (χ2v) is 6.10. The largest absolute Gasteiger partial charge is 0.385 e. The van der Waals surface area contributed by atoms with Gasteiger partial charge in [0.05, 0.1) is 0 Å². The molecule has 106 valence electrons. The van der Waals surface area contributed by atoms with E-state index < -0.39 is 21.6 Å². The molecule has 1 aromatic rings. The molecule has 0 aromatic heterocycles. The van der Waals surface area contributed by atoms with Crippen LogP contribution in [-0.4, -0.2) is 39.7 Å². The van der Waals surface area contributed by atoms with Crippen molar-refractivity contribution >= 4 is 15.8 Å². The highest BCUT2D eigenvalue weighted by atomic mass is 32.2. The fourth-order valence-corrected chi connectivity index (χ4v) is 2.91. The van der Waals surface area contributed by atoms with Crippen molar-refractivity contribution in [1.29, 1.82) is 0 Å². The summed E-state index contributed by atoms with van der Waals surface area (Å²) in [7, 11) is -2.06. The summed E-state index contributed by atoms with van der Waals surface area (Å²) < 4.78 is 31.0. The molecule has 0 aliphatic carbocycles. The lowest BCUT2D eigenvalue weighted by Crippen LogP contribution is -2.37. The minimum Gasteiger partial charge on any atom is -0.385 e. The van der Waals surface area contributed by atoms with Gasteiger partial charge >= 0.3 is 0 Å². The Morgan fingerprint density at radius 1 is 1.32 bits per heavy atom. The zero-order valence-electron chi connectivity index (χ0n) is 11.1. The van der Waals surface area contributed by atoms with Crippen molar-refractivity contribution in [3.05, 3.63) is 35.9 Å². The summed E-state index contributed by atoms with van der Waals surface area (Å²) in [5, 5.41) is 0. The highest BCUT2D eigenvalue weighted by Gasteiger charge is 2.19. The first-order chi connectivity index (χ1) is 8.94. The van der Waals surface area contributed by atoms with E-state index in [9.17, 15) is 13.2 Å². The number of rotatable bonds is 8. The van der Waals surface area contributed by atoms with Gasteiger partial charge in [0.25, 0.3) is 0 Å². The number of carbonyl (C=O) groups excluding carboxylic acids is 1. The van der Waals surface area contributed by atoms with E-state index in [1.54, 1.807) is 44.4 Å². The Kier molecular flexibility index (Phi) is 6.14. The molecule has 0 spiro atoms. The number of benzene rings is 1. The molecular formula is C13H19NO4S. The van der Waals surface area contributed by atoms with E-state index in [1.165, 1.54) is 0 Å². The van der Waals surface area contributed by atoms with Gasteiger partial charge in [-0.2, -0.15) is 0 Å². The van der Waals surface area contributed by atoms with Crippen LogP contribution in [0.4, 0.5) is 0 Å². The molecule has 0 amide bonds. The summed E-state index contributed by atoms with van der Waals surface area (Å²) in [6.07, 6.45) is 0.565. The van der Waals surface area contributed by atoms with Crippen LogP contribution in [0.25, 0.3) is 0 Å². The van der Waals surface area contributed by atoms with Gasteiger partial charge in [0.15, 0.2) is 5.78 Å². The van der Waals surface area contributed by atoms with Crippen LogP contribution in [0, 0.1) is 0 Å². The van der Waals surface area contributed by atoms with Gasteiger partial charge in [-0.15, -0.1) is 0 Å². The van der Waals surface area contributed by atoms with Crippen molar-refractivity contribution in [2.75, 3.05) is 19.5 Å². The van der Waals surface area contributed by atoms with Gasteiger partial charge in [0.2, 0.25) is 10.0 Å². The van der Waals surface area contributed by atoms with E-state index in [0.717, 1.165) is 0 Å². The van der Waals surface area contributed by atoms with Gasteiger partial charge in [-0.3, -0.25) is 4.79 Å². The molecule has 6 heteroatoms. The third kappa shape index (κ3) is 5.96. The number of Topliss-reactive ketones (excluding diaryl/α,β-unsaturated/α-hetero) is 1. The number of hydrogen-bond acceptors (Lipinski definition) is 4. The Balaban J connectivity index is 2.57. The maximum atomic E-state index is 11.8. The summed E-state index contributed by atoms with van der Waals surface area (Å²) in [5.41, 5.74) is 0.400. The second kappa shape index (κ2) is 7.37. The smallest absolute Gasteiger partial charge is 0.219 e. The van der Waals surface area contributed by atoms with Gasteiger partial charge in [-0.25, -0.2) is 13.1 Å². The van der Waals surface area contributed by atoms with Crippen molar-refractivity contribution in [2.24, 2.45) is 0 Å². The summed E-state index contributed by atoms with van der Waals surface area (Å²) >= 11 is 0. The predicted octanol–water partition coefficient (Wildman–Crippen LogP) is 1.21. The van der Waals surface area contributed by atoms with E-state index in [0.29, 0.717) is 18.6 Å². The van der Waals surface area contributed by atoms with E-state index in [2.05, 4.69) is 4.72 Å². The van der Waals surface area contributed by atoms with Crippen LogP contribution < -0.4 is 4.72 Å². The highest BCUT2D eigenvalue weighted by molar-refractivity contribution is 7.90. The normalized spacial score (nSPS) is 13.2. The SMILES string of the molecule is COCCC(C)NS(=O)(=O)CC(=O)c1ccccc1. The van der Waals surface area contributed by atoms with E-state index >= 15 is 0 Å². The first-order valence-electron chi connectivity index (χ1n) is 6.02. The van der Waals surface area contributed by atoms with Gasteiger partial charge in [-0.1, -0.05) is 30.3 Å². The van der Waals surface area contributed by atoms with E-state index in [1.807, 2.05) is 0 Å². The van der Waals surface area contributed by atoms with Crippen molar-refractivity contribution in [3.8, 4) is 0 Å². The van der Waals surface area contributed by atoms with Crippen LogP contribution in [0.15, 0.2) is 30.3 Å². The molecule has 1 rings (SSSR count). The molecule has 5 nitrogen and oxygen atoms in total. The van der Waals surface area contributed by atoms with Crippen molar-refractivity contribution in [1.82, 2.24) is 4.72 Å². The average molecular weight is 285 g/mol. The quantitative estimate of drug-likeness (QED) is 0.729. The van der Waals surface area contributed by atoms with Gasteiger partial charge in [-0.05, 0) is 13.3 Å². The Labute approximate surface area is 114 Å². The molecule has 0 radical (unpaired) electrons. The number of hydrogen-bond donors (Lipinski definition) is 1. The Morgan fingerprint density at radius 2 is 1.95 bits per heavy atom. The lowest BCUT2D eigenvalue weighted by Gasteiger charge is -2.13. The molecule has 0 fully saturated rings. The average Bonchev–Trinajstić information content (AvgIpc) is 2.36. The van der Waals surface area contributed by atoms with Crippen LogP contribution in [0.3, 0.4) is 0 Å². The second-order valence-electron chi connectivity index (χ2n) is 4.35. The van der Waals surface area contributed by atoms with E-state index in [4.69, 9.17) is 4.74 Å². The first kappa shape index (κ1) is 15.8. The topological polar surface area (TPSA) is 72.5 Å². The van der Waals surface area contributed by atoms with Crippen LogP contribution in [0.5, 0.6) is 0 Å². The third-order valence-corrected chi connectivity index (χ3v) is 3.96. The molecule has 0 aliphatic heterocycles. The number of methoxy groups -OCH3 is 1. The number of nitrogens with one attached hydrogen (secondary N) is 1. The standard InChI is InChI=1S/C13H19NO4S/c1-11(8-9-18-2)14-19(16,17)10-13(15)12-6-4-3-5-7-12/h3-7,11,14H,8-10H2,1-2H3. The number of sulfonamides is 1. The maximum absolute atomic E-state index is 11.8. The maximum Gasteiger partial charge on any atom is 0.219 e. The molecule has 19 heavy (non-hydrogen) atoms. The molecule has 1 unspecified atom stereocenters. The summed E-state index contributed by atoms with van der Waals surface area (Å²) in [6, 6.07) is 8.13. The number of carbonyl (C=O) groups is 1. The molecule has 1 atom stereocenters. The number of ketones is 1. The molecule has 0 saturated heterocycles. The fraction of sp³-hybridized carbons (Fsp3) is 0.462. The van der Waals surface area contributed by atoms with Gasteiger partial charge in [0, 0.05) is 25.3 Å². The van der Waals surface area contributed by atoms with Gasteiger partial charge < -0.3 is 4.74 Å². The fourth-order valence-electron chi connectivity index (χ4n) is 1.58. The van der Waals surface area contributed by atoms with Crippen LogP contribution in [-0.2, 0) is 14.8 Å². The van der Waals surface area contributed by atoms with Gasteiger partial charge in [0.1, 0.15) is 5.75 Å². The van der Waals surface area contributed by atoms with E-state index in [-0.39, 0.29) is 6.04 Å². The van der Waals surface area contributed by atoms with Crippen LogP contribution in [0.1, 0.15) is 23.7 Å². The first-order valence-corrected chi connectivity index (χ1v) is 7.67. The molecule has 1 N–H and O–H groups in total. The molecule has 0 saturated carbocycles. The Hall–Kier alpha value is -1.24. The summed E-state index contributed by atoms with van der Waals surface area (Å²) in [4.78, 5) is 11.8. The molecule has 0 bridgehead atoms. The minimum atomic E-state index is -3.61. The Bertz CT molecular complexity index is 499. The molecule has 0 aliphatic rings. The predicted molar refractivity (Wildman–Crippen MR) is 73.7 cm³/mol. The summed E-state index contributed by atoms with van der Waals surface area (Å²) in [6.45, 7) is 2.21. The highest BCUT2D eigenvalue weighted by Crippen LogP contribution is 2.03. The lowest BCUT2D eigenvalue weighted by molar-refractivity contribution is 0.102. The molecule has 1 aromatic carbocycles. The molecular weight excluding hydrogens is 266 g/mol. The van der Waals surface area contributed by atoms with Crippen molar-refractivity contribution in [2.45, 2.75) is 19.4 Å². The Morgan fingerprint density at radius 3 is 2.53 bits per heavy atom.